The monoisotopic (exact) mass is 288 g/mol. The van der Waals surface area contributed by atoms with Gasteiger partial charge in [0.25, 0.3) is 0 Å². The van der Waals surface area contributed by atoms with E-state index in [9.17, 15) is 9.59 Å². The molecule has 20 heavy (non-hydrogen) atoms. The van der Waals surface area contributed by atoms with Crippen LogP contribution < -0.4 is 5.32 Å². The molecular weight excluding hydrogens is 264 g/mol. The fourth-order valence-electron chi connectivity index (χ4n) is 2.28. The Balaban J connectivity index is 2.49. The summed E-state index contributed by atoms with van der Waals surface area (Å²) in [6.07, 6.45) is -0.294. The minimum absolute atomic E-state index is 0.0372. The van der Waals surface area contributed by atoms with Gasteiger partial charge >= 0.3 is 12.0 Å². The van der Waals surface area contributed by atoms with Crippen molar-refractivity contribution in [3.8, 4) is 0 Å². The number of amides is 2. The third-order valence-corrected chi connectivity index (χ3v) is 3.70. The Morgan fingerprint density at radius 2 is 1.75 bits per heavy atom. The van der Waals surface area contributed by atoms with Crippen LogP contribution in [0.2, 0.25) is 0 Å². The zero-order chi connectivity index (χ0) is 15.3. The molecule has 0 radical (unpaired) electrons. The SMILES string of the molecule is COC1CN(C(=O)NCC(C(=O)O)C(C)C)CC1OC. The Labute approximate surface area is 119 Å². The highest BCUT2D eigenvalue weighted by molar-refractivity contribution is 5.76. The molecule has 0 aromatic heterocycles. The van der Waals surface area contributed by atoms with E-state index in [1.165, 1.54) is 0 Å². The number of likely N-dealkylation sites (tertiary alicyclic amines) is 1. The highest BCUT2D eigenvalue weighted by Gasteiger charge is 2.35. The predicted octanol–water partition coefficient (Wildman–Crippen LogP) is 0.398. The Morgan fingerprint density at radius 3 is 2.10 bits per heavy atom. The summed E-state index contributed by atoms with van der Waals surface area (Å²) in [7, 11) is 3.16. The standard InChI is InChI=1S/C13H24N2O5/c1-8(2)9(12(16)17)5-14-13(18)15-6-10(19-3)11(7-15)20-4/h8-11H,5-7H2,1-4H3,(H,14,18)(H,16,17). The summed E-state index contributed by atoms with van der Waals surface area (Å²) in [5.74, 6) is -1.52. The lowest BCUT2D eigenvalue weighted by molar-refractivity contribution is -0.142. The third kappa shape index (κ3) is 4.08. The number of carbonyl (C=O) groups excluding carboxylic acids is 1. The summed E-state index contributed by atoms with van der Waals surface area (Å²) < 4.78 is 10.5. The van der Waals surface area contributed by atoms with E-state index < -0.39 is 11.9 Å². The van der Waals surface area contributed by atoms with Gasteiger partial charge in [0.1, 0.15) is 12.2 Å². The molecule has 0 bridgehead atoms. The maximum absolute atomic E-state index is 12.0. The number of nitrogens with zero attached hydrogens (tertiary/aromatic N) is 1. The first-order chi connectivity index (χ1) is 9.40. The van der Waals surface area contributed by atoms with Crippen LogP contribution in [0.25, 0.3) is 0 Å². The van der Waals surface area contributed by atoms with E-state index in [0.717, 1.165) is 0 Å². The zero-order valence-corrected chi connectivity index (χ0v) is 12.5. The number of hydrogen-bond acceptors (Lipinski definition) is 4. The van der Waals surface area contributed by atoms with Gasteiger partial charge in [0, 0.05) is 20.8 Å². The minimum Gasteiger partial charge on any atom is -0.481 e. The fourth-order valence-corrected chi connectivity index (χ4v) is 2.28. The molecule has 0 spiro atoms. The highest BCUT2D eigenvalue weighted by Crippen LogP contribution is 2.16. The number of rotatable bonds is 6. The van der Waals surface area contributed by atoms with Gasteiger partial charge in [-0.3, -0.25) is 4.79 Å². The first kappa shape index (κ1) is 16.7. The van der Waals surface area contributed by atoms with Crippen molar-refractivity contribution < 1.29 is 24.2 Å². The van der Waals surface area contributed by atoms with Crippen molar-refractivity contribution in [3.63, 3.8) is 0 Å². The number of aliphatic carboxylic acids is 1. The van der Waals surface area contributed by atoms with E-state index in [4.69, 9.17) is 14.6 Å². The van der Waals surface area contributed by atoms with E-state index in [1.54, 1.807) is 19.1 Å². The number of hydrogen-bond donors (Lipinski definition) is 2. The molecule has 1 aliphatic rings. The van der Waals surface area contributed by atoms with Gasteiger partial charge in [0.05, 0.1) is 19.0 Å². The van der Waals surface area contributed by atoms with E-state index in [2.05, 4.69) is 5.32 Å². The molecule has 7 nitrogen and oxygen atoms in total. The minimum atomic E-state index is -0.897. The normalized spacial score (nSPS) is 23.9. The van der Waals surface area contributed by atoms with E-state index >= 15 is 0 Å². The molecule has 0 aromatic carbocycles. The molecule has 2 amide bonds. The number of ether oxygens (including phenoxy) is 2. The summed E-state index contributed by atoms with van der Waals surface area (Å²) >= 11 is 0. The van der Waals surface area contributed by atoms with Gasteiger partial charge in [-0.25, -0.2) is 4.79 Å². The van der Waals surface area contributed by atoms with Crippen LogP contribution in [0.1, 0.15) is 13.8 Å². The lowest BCUT2D eigenvalue weighted by Crippen LogP contribution is -2.43. The van der Waals surface area contributed by atoms with Crippen LogP contribution in [0.3, 0.4) is 0 Å². The molecular formula is C13H24N2O5. The van der Waals surface area contributed by atoms with E-state index in [-0.39, 0.29) is 30.7 Å². The Hall–Kier alpha value is -1.34. The number of nitrogens with one attached hydrogen (secondary N) is 1. The van der Waals surface area contributed by atoms with Crippen molar-refractivity contribution in [3.05, 3.63) is 0 Å². The second-order valence-electron chi connectivity index (χ2n) is 5.33. The average molecular weight is 288 g/mol. The Bertz CT molecular complexity index is 336. The van der Waals surface area contributed by atoms with Crippen molar-refractivity contribution in [1.29, 1.82) is 0 Å². The van der Waals surface area contributed by atoms with Crippen molar-refractivity contribution in [2.24, 2.45) is 11.8 Å². The second kappa shape index (κ2) is 7.44. The molecule has 1 rings (SSSR count). The van der Waals surface area contributed by atoms with Gasteiger partial charge in [-0.1, -0.05) is 13.8 Å². The molecule has 3 unspecified atom stereocenters. The highest BCUT2D eigenvalue weighted by atomic mass is 16.5. The lowest BCUT2D eigenvalue weighted by atomic mass is 9.96. The van der Waals surface area contributed by atoms with Crippen molar-refractivity contribution in [2.75, 3.05) is 33.9 Å². The van der Waals surface area contributed by atoms with Crippen LogP contribution in [-0.4, -0.2) is 68.1 Å². The van der Waals surface area contributed by atoms with Crippen LogP contribution in [0.15, 0.2) is 0 Å². The number of carboxylic acid groups (broad SMARTS) is 1. The van der Waals surface area contributed by atoms with Gasteiger partial charge in [0.15, 0.2) is 0 Å². The van der Waals surface area contributed by atoms with E-state index in [1.807, 2.05) is 13.8 Å². The molecule has 1 aliphatic heterocycles. The second-order valence-corrected chi connectivity index (χ2v) is 5.33. The summed E-state index contributed by atoms with van der Waals surface area (Å²) in [6.45, 7) is 4.66. The van der Waals surface area contributed by atoms with Gasteiger partial charge in [0.2, 0.25) is 0 Å². The maximum atomic E-state index is 12.0. The van der Waals surface area contributed by atoms with Crippen LogP contribution in [0.5, 0.6) is 0 Å². The first-order valence-electron chi connectivity index (χ1n) is 6.71. The molecule has 0 aromatic rings. The van der Waals surface area contributed by atoms with Crippen LogP contribution in [0.4, 0.5) is 4.79 Å². The molecule has 1 fully saturated rings. The van der Waals surface area contributed by atoms with Gasteiger partial charge in [-0.2, -0.15) is 0 Å². The molecule has 3 atom stereocenters. The average Bonchev–Trinajstić information content (AvgIpc) is 2.81. The van der Waals surface area contributed by atoms with Crippen molar-refractivity contribution >= 4 is 12.0 Å². The predicted molar refractivity (Wildman–Crippen MR) is 72.5 cm³/mol. The number of carboxylic acids is 1. The molecule has 116 valence electrons. The smallest absolute Gasteiger partial charge is 0.317 e. The molecule has 0 saturated carbocycles. The van der Waals surface area contributed by atoms with E-state index in [0.29, 0.717) is 13.1 Å². The van der Waals surface area contributed by atoms with Gasteiger partial charge in [-0.05, 0) is 5.92 Å². The molecule has 0 aliphatic carbocycles. The number of methoxy groups -OCH3 is 2. The molecule has 7 heteroatoms. The summed E-state index contributed by atoms with van der Waals surface area (Å²) in [5, 5.41) is 11.7. The molecule has 1 saturated heterocycles. The summed E-state index contributed by atoms with van der Waals surface area (Å²) in [4.78, 5) is 24.7. The van der Waals surface area contributed by atoms with Crippen molar-refractivity contribution in [1.82, 2.24) is 10.2 Å². The first-order valence-corrected chi connectivity index (χ1v) is 6.71. The zero-order valence-electron chi connectivity index (χ0n) is 12.5. The number of urea groups is 1. The maximum Gasteiger partial charge on any atom is 0.317 e. The fraction of sp³-hybridized carbons (Fsp3) is 0.846. The van der Waals surface area contributed by atoms with Crippen LogP contribution in [-0.2, 0) is 14.3 Å². The van der Waals surface area contributed by atoms with Gasteiger partial charge in [-0.15, -0.1) is 0 Å². The third-order valence-electron chi connectivity index (χ3n) is 3.70. The molecule has 2 N–H and O–H groups in total. The van der Waals surface area contributed by atoms with Crippen molar-refractivity contribution in [2.45, 2.75) is 26.1 Å². The Kier molecular flexibility index (Phi) is 6.22. The van der Waals surface area contributed by atoms with Gasteiger partial charge < -0.3 is 24.8 Å². The molecule has 1 heterocycles. The Morgan fingerprint density at radius 1 is 1.25 bits per heavy atom. The summed E-state index contributed by atoms with van der Waals surface area (Å²) in [6, 6.07) is -0.279. The number of carbonyl (C=O) groups is 2. The largest absolute Gasteiger partial charge is 0.481 e. The topological polar surface area (TPSA) is 88.1 Å². The quantitative estimate of drug-likeness (QED) is 0.738. The van der Waals surface area contributed by atoms with Crippen LogP contribution in [0, 0.1) is 11.8 Å². The summed E-state index contributed by atoms with van der Waals surface area (Å²) in [5.41, 5.74) is 0. The lowest BCUT2D eigenvalue weighted by Gasteiger charge is -2.20. The van der Waals surface area contributed by atoms with Crippen LogP contribution >= 0.6 is 0 Å².